The summed E-state index contributed by atoms with van der Waals surface area (Å²) < 4.78 is 0. The largest absolute Gasteiger partial charge is 0.396 e. The van der Waals surface area contributed by atoms with Crippen LogP contribution in [0.4, 0.5) is 0 Å². The molecule has 1 aliphatic carbocycles. The molecule has 1 heteroatoms. The van der Waals surface area contributed by atoms with E-state index in [2.05, 4.69) is 25.1 Å². The zero-order valence-corrected chi connectivity index (χ0v) is 9.50. The maximum Gasteiger partial charge on any atom is 0.0431 e. The van der Waals surface area contributed by atoms with Crippen LogP contribution in [0, 0.1) is 6.92 Å². The van der Waals surface area contributed by atoms with E-state index in [1.807, 2.05) is 0 Å². The van der Waals surface area contributed by atoms with Crippen LogP contribution in [0.15, 0.2) is 18.2 Å². The fraction of sp³-hybridized carbons (Fsp3) is 0.571. The summed E-state index contributed by atoms with van der Waals surface area (Å²) in [5, 5.41) is 8.90. The van der Waals surface area contributed by atoms with Gasteiger partial charge in [-0.15, -0.1) is 0 Å². The molecule has 1 N–H and O–H groups in total. The van der Waals surface area contributed by atoms with Crippen molar-refractivity contribution in [2.45, 2.75) is 44.9 Å². The minimum atomic E-state index is 0.331. The molecule has 82 valence electrons. The van der Waals surface area contributed by atoms with Crippen LogP contribution in [0.25, 0.3) is 0 Å². The molecular weight excluding hydrogens is 184 g/mol. The van der Waals surface area contributed by atoms with E-state index in [9.17, 15) is 0 Å². The van der Waals surface area contributed by atoms with Crippen molar-refractivity contribution in [3.63, 3.8) is 0 Å². The Hall–Kier alpha value is -0.820. The molecule has 1 aromatic carbocycles. The molecule has 1 aliphatic rings. The Kier molecular flexibility index (Phi) is 3.42. The zero-order chi connectivity index (χ0) is 10.7. The molecule has 0 radical (unpaired) electrons. The molecule has 0 amide bonds. The molecule has 1 unspecified atom stereocenters. The summed E-state index contributed by atoms with van der Waals surface area (Å²) in [4.78, 5) is 0. The van der Waals surface area contributed by atoms with Gasteiger partial charge in [-0.2, -0.15) is 0 Å². The van der Waals surface area contributed by atoms with E-state index < -0.39 is 0 Å². The average Bonchev–Trinajstić information content (AvgIpc) is 2.27. The molecule has 15 heavy (non-hydrogen) atoms. The first kappa shape index (κ1) is 10.7. The van der Waals surface area contributed by atoms with E-state index in [-0.39, 0.29) is 0 Å². The monoisotopic (exact) mass is 204 g/mol. The van der Waals surface area contributed by atoms with Crippen molar-refractivity contribution in [3.05, 3.63) is 34.9 Å². The van der Waals surface area contributed by atoms with E-state index in [1.165, 1.54) is 24.8 Å². The number of benzene rings is 1. The quantitative estimate of drug-likeness (QED) is 0.801. The molecule has 0 bridgehead atoms. The summed E-state index contributed by atoms with van der Waals surface area (Å²) in [6, 6.07) is 6.67. The molecule has 0 saturated carbocycles. The minimum Gasteiger partial charge on any atom is -0.396 e. The van der Waals surface area contributed by atoms with Crippen LogP contribution in [0.3, 0.4) is 0 Å². The lowest BCUT2D eigenvalue weighted by Gasteiger charge is -2.26. The van der Waals surface area contributed by atoms with E-state index >= 15 is 0 Å². The van der Waals surface area contributed by atoms with Gasteiger partial charge in [0.15, 0.2) is 0 Å². The van der Waals surface area contributed by atoms with Crippen molar-refractivity contribution < 1.29 is 5.11 Å². The first-order valence-corrected chi connectivity index (χ1v) is 6.02. The Balaban J connectivity index is 2.22. The maximum absolute atomic E-state index is 8.90. The molecule has 0 heterocycles. The highest BCUT2D eigenvalue weighted by Crippen LogP contribution is 2.35. The smallest absolute Gasteiger partial charge is 0.0431 e. The van der Waals surface area contributed by atoms with Gasteiger partial charge in [-0.05, 0) is 61.6 Å². The summed E-state index contributed by atoms with van der Waals surface area (Å²) in [6.45, 7) is 2.55. The van der Waals surface area contributed by atoms with Gasteiger partial charge in [-0.25, -0.2) is 0 Å². The fourth-order valence-corrected chi connectivity index (χ4v) is 2.77. The number of aliphatic hydroxyl groups excluding tert-OH is 1. The fourth-order valence-electron chi connectivity index (χ4n) is 2.77. The highest BCUT2D eigenvalue weighted by molar-refractivity contribution is 5.38. The van der Waals surface area contributed by atoms with Crippen LogP contribution in [-0.4, -0.2) is 11.7 Å². The maximum atomic E-state index is 8.90. The summed E-state index contributed by atoms with van der Waals surface area (Å²) in [5.74, 6) is 0.695. The normalized spacial score (nSPS) is 20.0. The number of rotatable bonds is 3. The molecule has 0 fully saturated rings. The lowest BCUT2D eigenvalue weighted by atomic mass is 9.79. The molecule has 0 spiro atoms. The van der Waals surface area contributed by atoms with Crippen LogP contribution >= 0.6 is 0 Å². The molecule has 1 atom stereocenters. The first-order valence-electron chi connectivity index (χ1n) is 6.02. The standard InChI is InChI=1S/C14H20O/c1-11-5-2-9-14-12(7-4-10-15)6-3-8-13(11)14/h2,5,9,12,15H,3-4,6-8,10H2,1H3. The highest BCUT2D eigenvalue weighted by atomic mass is 16.2. The number of fused-ring (bicyclic) bond motifs is 1. The summed E-state index contributed by atoms with van der Waals surface area (Å²) in [7, 11) is 0. The first-order chi connectivity index (χ1) is 7.33. The number of hydrogen-bond acceptors (Lipinski definition) is 1. The van der Waals surface area contributed by atoms with Crippen molar-refractivity contribution in [1.82, 2.24) is 0 Å². The van der Waals surface area contributed by atoms with Crippen molar-refractivity contribution in [2.75, 3.05) is 6.61 Å². The lowest BCUT2D eigenvalue weighted by molar-refractivity contribution is 0.277. The van der Waals surface area contributed by atoms with Gasteiger partial charge in [0.05, 0.1) is 0 Å². The Bertz CT molecular complexity index is 330. The second-order valence-corrected chi connectivity index (χ2v) is 4.60. The van der Waals surface area contributed by atoms with Gasteiger partial charge in [0.25, 0.3) is 0 Å². The number of aliphatic hydroxyl groups is 1. The third-order valence-corrected chi connectivity index (χ3v) is 3.58. The van der Waals surface area contributed by atoms with Gasteiger partial charge >= 0.3 is 0 Å². The van der Waals surface area contributed by atoms with Crippen LogP contribution in [0.2, 0.25) is 0 Å². The SMILES string of the molecule is Cc1cccc2c1CCCC2CCCO. The van der Waals surface area contributed by atoms with Gasteiger partial charge < -0.3 is 5.11 Å². The zero-order valence-electron chi connectivity index (χ0n) is 9.50. The summed E-state index contributed by atoms with van der Waals surface area (Å²) in [5.41, 5.74) is 4.57. The second kappa shape index (κ2) is 4.80. The molecule has 0 aliphatic heterocycles. The van der Waals surface area contributed by atoms with E-state index in [4.69, 9.17) is 5.11 Å². The van der Waals surface area contributed by atoms with Crippen LogP contribution in [0.1, 0.15) is 48.3 Å². The molecule has 0 aromatic heterocycles. The molecule has 1 aromatic rings. The Morgan fingerprint density at radius 1 is 1.40 bits per heavy atom. The second-order valence-electron chi connectivity index (χ2n) is 4.60. The Morgan fingerprint density at radius 2 is 2.27 bits per heavy atom. The van der Waals surface area contributed by atoms with Gasteiger partial charge in [-0.3, -0.25) is 0 Å². The average molecular weight is 204 g/mol. The van der Waals surface area contributed by atoms with Crippen LogP contribution in [-0.2, 0) is 6.42 Å². The van der Waals surface area contributed by atoms with E-state index in [0.29, 0.717) is 12.5 Å². The van der Waals surface area contributed by atoms with Crippen molar-refractivity contribution in [2.24, 2.45) is 0 Å². The summed E-state index contributed by atoms with van der Waals surface area (Å²) in [6.07, 6.45) is 5.95. The van der Waals surface area contributed by atoms with Crippen molar-refractivity contribution in [3.8, 4) is 0 Å². The molecule has 1 nitrogen and oxygen atoms in total. The Morgan fingerprint density at radius 3 is 3.07 bits per heavy atom. The molecule has 0 saturated heterocycles. The summed E-state index contributed by atoms with van der Waals surface area (Å²) >= 11 is 0. The predicted molar refractivity (Wildman–Crippen MR) is 63.2 cm³/mol. The van der Waals surface area contributed by atoms with Gasteiger partial charge in [-0.1, -0.05) is 18.2 Å². The van der Waals surface area contributed by atoms with Crippen LogP contribution < -0.4 is 0 Å². The van der Waals surface area contributed by atoms with Gasteiger partial charge in [0.1, 0.15) is 0 Å². The number of hydrogen-bond donors (Lipinski definition) is 1. The van der Waals surface area contributed by atoms with E-state index in [1.54, 1.807) is 11.1 Å². The van der Waals surface area contributed by atoms with Crippen molar-refractivity contribution >= 4 is 0 Å². The lowest BCUT2D eigenvalue weighted by Crippen LogP contribution is -2.11. The Labute approximate surface area is 92.1 Å². The van der Waals surface area contributed by atoms with E-state index in [0.717, 1.165) is 12.8 Å². The molecular formula is C14H20O. The minimum absolute atomic E-state index is 0.331. The van der Waals surface area contributed by atoms with Crippen molar-refractivity contribution in [1.29, 1.82) is 0 Å². The van der Waals surface area contributed by atoms with Gasteiger partial charge in [0, 0.05) is 6.61 Å². The predicted octanol–water partition coefficient (Wildman–Crippen LogP) is 3.19. The van der Waals surface area contributed by atoms with Crippen LogP contribution in [0.5, 0.6) is 0 Å². The molecule has 2 rings (SSSR count). The highest BCUT2D eigenvalue weighted by Gasteiger charge is 2.20. The van der Waals surface area contributed by atoms with Gasteiger partial charge in [0.2, 0.25) is 0 Å². The third kappa shape index (κ3) is 2.23. The third-order valence-electron chi connectivity index (χ3n) is 3.58. The number of aryl methyl sites for hydroxylation is 1. The topological polar surface area (TPSA) is 20.2 Å².